The number of ether oxygens (including phenoxy) is 1. The van der Waals surface area contributed by atoms with Crippen molar-refractivity contribution in [3.63, 3.8) is 0 Å². The lowest BCUT2D eigenvalue weighted by Crippen LogP contribution is -2.45. The van der Waals surface area contributed by atoms with Gasteiger partial charge < -0.3 is 14.7 Å². The highest BCUT2D eigenvalue weighted by atomic mass is 32.2. The summed E-state index contributed by atoms with van der Waals surface area (Å²) in [7, 11) is 0. The topological polar surface area (TPSA) is 109 Å². The highest BCUT2D eigenvalue weighted by molar-refractivity contribution is 8.00. The Morgan fingerprint density at radius 2 is 1.77 bits per heavy atom. The van der Waals surface area contributed by atoms with Gasteiger partial charge in [0.05, 0.1) is 5.37 Å². The standard InChI is InChI=1S/C25H23N3O5S2/c1-2-21-28(20(13-34-21)23(30)31)22(29)19-12-35-24(26-19)27-25(32)33-11-18-16-9-5-3-7-14(16)15-8-4-6-10-17(15)18/h3-10,12,18,20-21H,2,11,13H2,1H3,(H,30,31)(H,26,27,32). The molecule has 2 unspecified atom stereocenters. The van der Waals surface area contributed by atoms with E-state index in [1.807, 2.05) is 43.3 Å². The predicted octanol–water partition coefficient (Wildman–Crippen LogP) is 4.88. The summed E-state index contributed by atoms with van der Waals surface area (Å²) in [4.78, 5) is 42.7. The molecule has 2 heterocycles. The minimum Gasteiger partial charge on any atom is -0.480 e. The maximum absolute atomic E-state index is 13.0. The zero-order valence-corrected chi connectivity index (χ0v) is 20.5. The molecule has 1 saturated heterocycles. The van der Waals surface area contributed by atoms with Gasteiger partial charge in [-0.3, -0.25) is 10.1 Å². The first-order valence-corrected chi connectivity index (χ1v) is 13.1. The Hall–Kier alpha value is -3.37. The fraction of sp³-hybridized carbons (Fsp3) is 0.280. The van der Waals surface area contributed by atoms with Crippen LogP contribution in [-0.4, -0.2) is 56.7 Å². The molecule has 0 saturated carbocycles. The molecule has 35 heavy (non-hydrogen) atoms. The number of thioether (sulfide) groups is 1. The minimum atomic E-state index is -1.03. The van der Waals surface area contributed by atoms with Gasteiger partial charge in [0.25, 0.3) is 5.91 Å². The summed E-state index contributed by atoms with van der Waals surface area (Å²) in [6.07, 6.45) is -0.0263. The second-order valence-electron chi connectivity index (χ2n) is 8.25. The number of carboxylic acid groups (broad SMARTS) is 1. The van der Waals surface area contributed by atoms with Gasteiger partial charge in [-0.15, -0.1) is 23.1 Å². The van der Waals surface area contributed by atoms with Crippen molar-refractivity contribution >= 4 is 46.2 Å². The summed E-state index contributed by atoms with van der Waals surface area (Å²) in [6, 6.07) is 15.3. The van der Waals surface area contributed by atoms with Crippen molar-refractivity contribution in [1.29, 1.82) is 0 Å². The minimum absolute atomic E-state index is 0.0619. The summed E-state index contributed by atoms with van der Waals surface area (Å²) in [6.45, 7) is 2.08. The number of carbonyl (C=O) groups excluding carboxylic acids is 2. The quantitative estimate of drug-likeness (QED) is 0.487. The third-order valence-electron chi connectivity index (χ3n) is 6.24. The smallest absolute Gasteiger partial charge is 0.413 e. The number of aromatic nitrogens is 1. The van der Waals surface area contributed by atoms with E-state index >= 15 is 0 Å². The number of nitrogens with one attached hydrogen (secondary N) is 1. The van der Waals surface area contributed by atoms with Crippen LogP contribution in [0.3, 0.4) is 0 Å². The van der Waals surface area contributed by atoms with Crippen LogP contribution in [0, 0.1) is 0 Å². The van der Waals surface area contributed by atoms with Gasteiger partial charge in [0, 0.05) is 17.1 Å². The normalized spacial score (nSPS) is 18.7. The van der Waals surface area contributed by atoms with E-state index in [4.69, 9.17) is 4.74 Å². The van der Waals surface area contributed by atoms with Gasteiger partial charge in [0.15, 0.2) is 5.13 Å². The number of thiazole rings is 1. The second kappa shape index (κ2) is 9.71. The zero-order chi connectivity index (χ0) is 24.5. The number of carboxylic acids is 1. The lowest BCUT2D eigenvalue weighted by molar-refractivity contribution is -0.141. The third kappa shape index (κ3) is 4.39. The van der Waals surface area contributed by atoms with Crippen molar-refractivity contribution in [1.82, 2.24) is 9.88 Å². The molecular weight excluding hydrogens is 486 g/mol. The molecule has 2 atom stereocenters. The van der Waals surface area contributed by atoms with Crippen LogP contribution in [-0.2, 0) is 9.53 Å². The molecule has 10 heteroatoms. The summed E-state index contributed by atoms with van der Waals surface area (Å²) in [5.74, 6) is -1.21. The van der Waals surface area contributed by atoms with Crippen LogP contribution >= 0.6 is 23.1 Å². The molecule has 1 aromatic heterocycles. The largest absolute Gasteiger partial charge is 0.480 e. The fourth-order valence-corrected chi connectivity index (χ4v) is 6.64. The molecule has 2 aromatic carbocycles. The number of amides is 2. The van der Waals surface area contributed by atoms with Crippen molar-refractivity contribution in [2.24, 2.45) is 0 Å². The van der Waals surface area contributed by atoms with E-state index < -0.39 is 24.0 Å². The van der Waals surface area contributed by atoms with Gasteiger partial charge in [0.1, 0.15) is 18.3 Å². The molecule has 1 aliphatic heterocycles. The van der Waals surface area contributed by atoms with Crippen LogP contribution in [0.2, 0.25) is 0 Å². The highest BCUT2D eigenvalue weighted by Gasteiger charge is 2.41. The van der Waals surface area contributed by atoms with E-state index in [1.54, 1.807) is 0 Å². The SMILES string of the molecule is CCC1SCC(C(=O)O)N1C(=O)c1csc(NC(=O)OCC2c3ccccc3-c3ccccc32)n1. The number of carbonyl (C=O) groups is 3. The van der Waals surface area contributed by atoms with Crippen molar-refractivity contribution in [2.75, 3.05) is 17.7 Å². The maximum Gasteiger partial charge on any atom is 0.413 e. The second-order valence-corrected chi connectivity index (χ2v) is 10.3. The molecule has 1 fully saturated rings. The number of aliphatic carboxylic acids is 1. The Morgan fingerprint density at radius 1 is 1.11 bits per heavy atom. The number of anilines is 1. The fourth-order valence-electron chi connectivity index (χ4n) is 4.62. The number of nitrogens with zero attached hydrogens (tertiary/aromatic N) is 2. The van der Waals surface area contributed by atoms with E-state index in [0.29, 0.717) is 12.2 Å². The van der Waals surface area contributed by atoms with E-state index in [2.05, 4.69) is 22.4 Å². The van der Waals surface area contributed by atoms with E-state index in [1.165, 1.54) is 22.0 Å². The monoisotopic (exact) mass is 509 g/mol. The van der Waals surface area contributed by atoms with Gasteiger partial charge in [-0.2, -0.15) is 0 Å². The van der Waals surface area contributed by atoms with Gasteiger partial charge in [0.2, 0.25) is 0 Å². The molecule has 0 bridgehead atoms. The van der Waals surface area contributed by atoms with Gasteiger partial charge in [-0.1, -0.05) is 55.5 Å². The molecule has 0 spiro atoms. The molecule has 3 aromatic rings. The molecular formula is C25H23N3O5S2. The number of hydrogen-bond acceptors (Lipinski definition) is 7. The Kier molecular flexibility index (Phi) is 6.48. The summed E-state index contributed by atoms with van der Waals surface area (Å²) >= 11 is 2.54. The van der Waals surface area contributed by atoms with Crippen LogP contribution in [0.1, 0.15) is 40.9 Å². The van der Waals surface area contributed by atoms with Gasteiger partial charge >= 0.3 is 12.1 Å². The molecule has 8 nitrogen and oxygen atoms in total. The number of fused-ring (bicyclic) bond motifs is 3. The Bertz CT molecular complexity index is 1250. The lowest BCUT2D eigenvalue weighted by atomic mass is 9.98. The first kappa shape index (κ1) is 23.4. The third-order valence-corrected chi connectivity index (χ3v) is 8.45. The van der Waals surface area contributed by atoms with Crippen LogP contribution in [0.5, 0.6) is 0 Å². The first-order valence-electron chi connectivity index (χ1n) is 11.2. The Morgan fingerprint density at radius 3 is 2.40 bits per heavy atom. The van der Waals surface area contributed by atoms with Crippen molar-refractivity contribution < 1.29 is 24.2 Å². The number of rotatable bonds is 6. The van der Waals surface area contributed by atoms with E-state index in [-0.39, 0.29) is 28.7 Å². The van der Waals surface area contributed by atoms with Gasteiger partial charge in [-0.05, 0) is 28.7 Å². The molecule has 0 radical (unpaired) electrons. The van der Waals surface area contributed by atoms with Crippen LogP contribution < -0.4 is 5.32 Å². The Labute approximate surface area is 210 Å². The van der Waals surface area contributed by atoms with E-state index in [0.717, 1.165) is 33.6 Å². The first-order chi connectivity index (χ1) is 17.0. The summed E-state index contributed by atoms with van der Waals surface area (Å²) in [5, 5.41) is 13.6. The van der Waals surface area contributed by atoms with Crippen molar-refractivity contribution in [3.05, 3.63) is 70.7 Å². The van der Waals surface area contributed by atoms with Crippen molar-refractivity contribution in [3.8, 4) is 11.1 Å². The Balaban J connectivity index is 1.24. The molecule has 2 amide bonds. The zero-order valence-electron chi connectivity index (χ0n) is 18.8. The number of benzene rings is 2. The lowest BCUT2D eigenvalue weighted by Gasteiger charge is -2.25. The maximum atomic E-state index is 13.0. The van der Waals surface area contributed by atoms with Crippen LogP contribution in [0.15, 0.2) is 53.9 Å². The van der Waals surface area contributed by atoms with Gasteiger partial charge in [-0.25, -0.2) is 14.6 Å². The van der Waals surface area contributed by atoms with Crippen LogP contribution in [0.25, 0.3) is 11.1 Å². The van der Waals surface area contributed by atoms with Crippen LogP contribution in [0.4, 0.5) is 9.93 Å². The predicted molar refractivity (Wildman–Crippen MR) is 135 cm³/mol. The molecule has 2 N–H and O–H groups in total. The summed E-state index contributed by atoms with van der Waals surface area (Å²) in [5.41, 5.74) is 4.63. The molecule has 5 rings (SSSR count). The van der Waals surface area contributed by atoms with E-state index in [9.17, 15) is 19.5 Å². The molecule has 180 valence electrons. The molecule has 2 aliphatic rings. The average molecular weight is 510 g/mol. The summed E-state index contributed by atoms with van der Waals surface area (Å²) < 4.78 is 5.54. The molecule has 1 aliphatic carbocycles. The number of hydrogen-bond donors (Lipinski definition) is 2. The average Bonchev–Trinajstić information content (AvgIpc) is 3.58. The highest BCUT2D eigenvalue weighted by Crippen LogP contribution is 2.44. The van der Waals surface area contributed by atoms with Crippen molar-refractivity contribution in [2.45, 2.75) is 30.7 Å².